The van der Waals surface area contributed by atoms with Gasteiger partial charge in [0.05, 0.1) is 0 Å². The van der Waals surface area contributed by atoms with Crippen molar-refractivity contribution in [2.75, 3.05) is 0 Å². The van der Waals surface area contributed by atoms with Crippen LogP contribution in [0.5, 0.6) is 0 Å². The van der Waals surface area contributed by atoms with Crippen molar-refractivity contribution in [2.45, 2.75) is 19.8 Å². The molecular formula is C11H14Ti-2. The Morgan fingerprint density at radius 3 is 2.33 bits per heavy atom. The molecule has 0 aromatic heterocycles. The smallest absolute Gasteiger partial charge is 1.00 e. The molecule has 0 amide bonds. The summed E-state index contributed by atoms with van der Waals surface area (Å²) >= 11 is 0. The van der Waals surface area contributed by atoms with Crippen LogP contribution in [0.15, 0.2) is 36.0 Å². The zero-order valence-corrected chi connectivity index (χ0v) is 8.86. The van der Waals surface area contributed by atoms with E-state index >= 15 is 0 Å². The fraction of sp³-hybridized carbons (Fsp3) is 0.273. The van der Waals surface area contributed by atoms with Gasteiger partial charge in [0.25, 0.3) is 0 Å². The second-order valence-corrected chi connectivity index (χ2v) is 2.47. The quantitative estimate of drug-likeness (QED) is 0.410. The van der Waals surface area contributed by atoms with Crippen LogP contribution in [0.2, 0.25) is 0 Å². The average Bonchev–Trinajstić information content (AvgIpc) is 2.57. The minimum absolute atomic E-state index is 0. The van der Waals surface area contributed by atoms with E-state index in [9.17, 15) is 0 Å². The van der Waals surface area contributed by atoms with Crippen molar-refractivity contribution in [1.82, 2.24) is 0 Å². The zero-order chi connectivity index (χ0) is 7.94. The van der Waals surface area contributed by atoms with Crippen molar-refractivity contribution in [1.29, 1.82) is 0 Å². The molecule has 0 aromatic rings. The third-order valence-electron chi connectivity index (χ3n) is 1.45. The minimum Gasteiger partial charge on any atom is -1.00 e. The first kappa shape index (κ1) is 11.7. The fourth-order valence-electron chi connectivity index (χ4n) is 0.855. The van der Waals surface area contributed by atoms with Crippen LogP contribution in [0.25, 0.3) is 0 Å². The Hall–Kier alpha value is -0.326. The van der Waals surface area contributed by atoms with E-state index < -0.39 is 0 Å². The minimum atomic E-state index is 0. The van der Waals surface area contributed by atoms with Gasteiger partial charge in [0.1, 0.15) is 0 Å². The molecule has 0 heterocycles. The zero-order valence-electron chi connectivity index (χ0n) is 9.30. The maximum absolute atomic E-state index is 3.12. The Labute approximate surface area is 92.6 Å². The second-order valence-electron chi connectivity index (χ2n) is 2.47. The van der Waals surface area contributed by atoms with Crippen molar-refractivity contribution in [3.05, 3.63) is 48.1 Å². The van der Waals surface area contributed by atoms with Gasteiger partial charge in [-0.25, -0.2) is 23.8 Å². The van der Waals surface area contributed by atoms with Crippen molar-refractivity contribution < 1.29 is 24.6 Å². The molecule has 12 heavy (non-hydrogen) atoms. The standard InChI is InChI=1S/C6H7.C5H5.Ti.2H/c1-6-4-2-3-5-6;1-2-4-5-3-1;;;/h2,4H,3H2,1H3;1-3H,4H2;;;/q2*-1;+2;2*-1. The van der Waals surface area contributed by atoms with Gasteiger partial charge in [0.2, 0.25) is 0 Å². The van der Waals surface area contributed by atoms with Crippen LogP contribution in [-0.2, 0) is 21.7 Å². The molecule has 0 spiro atoms. The second kappa shape index (κ2) is 7.33. The molecule has 0 saturated carbocycles. The SMILES string of the molecule is CC1=[C-]CC=C1.[C-]1=CC=CC1.[H-].[H-].[Ti+2]. The summed E-state index contributed by atoms with van der Waals surface area (Å²) in [6.45, 7) is 2.06. The summed E-state index contributed by atoms with van der Waals surface area (Å²) in [4.78, 5) is 0. The number of hydrogen-bond donors (Lipinski definition) is 0. The fourth-order valence-corrected chi connectivity index (χ4v) is 0.855. The molecule has 1 heteroatoms. The van der Waals surface area contributed by atoms with E-state index in [-0.39, 0.29) is 24.6 Å². The normalized spacial score (nSPS) is 16.6. The molecule has 2 aliphatic carbocycles. The van der Waals surface area contributed by atoms with E-state index in [0.717, 1.165) is 12.8 Å². The monoisotopic (exact) mass is 194 g/mol. The van der Waals surface area contributed by atoms with Crippen LogP contribution >= 0.6 is 0 Å². The van der Waals surface area contributed by atoms with Crippen molar-refractivity contribution in [3.63, 3.8) is 0 Å². The largest absolute Gasteiger partial charge is 2.00 e. The topological polar surface area (TPSA) is 0 Å². The Bertz CT molecular complexity index is 215. The van der Waals surface area contributed by atoms with Gasteiger partial charge in [0, 0.05) is 0 Å². The van der Waals surface area contributed by atoms with Crippen LogP contribution < -0.4 is 0 Å². The van der Waals surface area contributed by atoms with E-state index in [1.54, 1.807) is 0 Å². The molecule has 0 N–H and O–H groups in total. The predicted molar refractivity (Wildman–Crippen MR) is 50.0 cm³/mol. The summed E-state index contributed by atoms with van der Waals surface area (Å²) in [6.07, 6.45) is 18.3. The van der Waals surface area contributed by atoms with Crippen LogP contribution in [0.1, 0.15) is 22.6 Å². The molecule has 0 bridgehead atoms. The molecule has 0 radical (unpaired) electrons. The number of allylic oxidation sites excluding steroid dienone is 8. The Kier molecular flexibility index (Phi) is 7.13. The molecule has 0 aromatic carbocycles. The van der Waals surface area contributed by atoms with Crippen molar-refractivity contribution in [3.8, 4) is 0 Å². The van der Waals surface area contributed by atoms with E-state index in [2.05, 4.69) is 37.3 Å². The summed E-state index contributed by atoms with van der Waals surface area (Å²) in [7, 11) is 0. The molecular weight excluding hydrogens is 180 g/mol. The number of hydrogen-bond acceptors (Lipinski definition) is 0. The third kappa shape index (κ3) is 5.34. The Morgan fingerprint density at radius 1 is 1.33 bits per heavy atom. The van der Waals surface area contributed by atoms with Gasteiger partial charge in [0.15, 0.2) is 0 Å². The molecule has 2 rings (SSSR count). The molecule has 0 atom stereocenters. The van der Waals surface area contributed by atoms with Gasteiger partial charge in [-0.3, -0.25) is 12.2 Å². The van der Waals surface area contributed by atoms with Gasteiger partial charge in [-0.15, -0.1) is 12.8 Å². The van der Waals surface area contributed by atoms with E-state index in [1.165, 1.54) is 5.57 Å². The summed E-state index contributed by atoms with van der Waals surface area (Å²) in [5, 5.41) is 0. The van der Waals surface area contributed by atoms with E-state index in [1.807, 2.05) is 12.2 Å². The summed E-state index contributed by atoms with van der Waals surface area (Å²) in [5.74, 6) is 0. The molecule has 0 aliphatic heterocycles. The summed E-state index contributed by atoms with van der Waals surface area (Å²) in [6, 6.07) is 0. The first-order valence-corrected chi connectivity index (χ1v) is 3.85. The van der Waals surface area contributed by atoms with Crippen LogP contribution in [0.3, 0.4) is 0 Å². The third-order valence-corrected chi connectivity index (χ3v) is 1.45. The molecule has 0 fully saturated rings. The van der Waals surface area contributed by atoms with Crippen LogP contribution in [-0.4, -0.2) is 0 Å². The van der Waals surface area contributed by atoms with E-state index in [0.29, 0.717) is 0 Å². The van der Waals surface area contributed by atoms with Gasteiger partial charge in [-0.1, -0.05) is 6.92 Å². The van der Waals surface area contributed by atoms with Gasteiger partial charge in [-0.05, 0) is 0 Å². The van der Waals surface area contributed by atoms with Crippen molar-refractivity contribution in [2.24, 2.45) is 0 Å². The first-order valence-electron chi connectivity index (χ1n) is 3.85. The van der Waals surface area contributed by atoms with Crippen molar-refractivity contribution >= 4 is 0 Å². The van der Waals surface area contributed by atoms with Gasteiger partial charge in [-0.2, -0.15) is 12.2 Å². The molecule has 0 nitrogen and oxygen atoms in total. The maximum Gasteiger partial charge on any atom is 2.00 e. The number of rotatable bonds is 0. The Morgan fingerprint density at radius 2 is 2.17 bits per heavy atom. The molecule has 0 unspecified atom stereocenters. The summed E-state index contributed by atoms with van der Waals surface area (Å²) < 4.78 is 0. The summed E-state index contributed by atoms with van der Waals surface area (Å²) in [5.41, 5.74) is 1.27. The van der Waals surface area contributed by atoms with Crippen LogP contribution in [0.4, 0.5) is 0 Å². The predicted octanol–water partition coefficient (Wildman–Crippen LogP) is 3.22. The van der Waals surface area contributed by atoms with Crippen LogP contribution in [0, 0.1) is 12.2 Å². The molecule has 0 saturated heterocycles. The molecule has 2 aliphatic rings. The van der Waals surface area contributed by atoms with Gasteiger partial charge < -0.3 is 2.85 Å². The van der Waals surface area contributed by atoms with Gasteiger partial charge >= 0.3 is 21.7 Å². The molecule has 64 valence electrons. The first-order chi connectivity index (χ1) is 5.39. The average molecular weight is 194 g/mol. The van der Waals surface area contributed by atoms with E-state index in [4.69, 9.17) is 0 Å². The maximum atomic E-state index is 3.12. The Balaban J connectivity index is -0.000000144.